The van der Waals surface area contributed by atoms with Crippen LogP contribution in [0, 0.1) is 5.82 Å². The van der Waals surface area contributed by atoms with Crippen molar-refractivity contribution < 1.29 is 13.9 Å². The zero-order chi connectivity index (χ0) is 17.1. The number of likely N-dealkylation sites (tertiary alicyclic amines) is 1. The van der Waals surface area contributed by atoms with Crippen molar-refractivity contribution in [3.05, 3.63) is 66.0 Å². The molecule has 2 aromatic rings. The van der Waals surface area contributed by atoms with E-state index in [1.165, 1.54) is 12.1 Å². The summed E-state index contributed by atoms with van der Waals surface area (Å²) in [7, 11) is 0. The van der Waals surface area contributed by atoms with Crippen LogP contribution in [0.3, 0.4) is 0 Å². The van der Waals surface area contributed by atoms with E-state index in [-0.39, 0.29) is 36.0 Å². The molecule has 0 saturated carbocycles. The molecule has 2 aromatic carbocycles. The number of nitrogens with zero attached hydrogens (tertiary/aromatic N) is 1. The van der Waals surface area contributed by atoms with Gasteiger partial charge in [0.05, 0.1) is 0 Å². The Bertz CT molecular complexity index is 714. The summed E-state index contributed by atoms with van der Waals surface area (Å²) in [6.45, 7) is 2.66. The lowest BCUT2D eigenvalue weighted by Gasteiger charge is -2.22. The number of rotatable bonds is 4. The average molecular weight is 365 g/mol. The van der Waals surface area contributed by atoms with E-state index in [1.54, 1.807) is 24.0 Å². The number of hydrogen-bond donors (Lipinski definition) is 1. The van der Waals surface area contributed by atoms with Crippen molar-refractivity contribution in [2.24, 2.45) is 5.73 Å². The van der Waals surface area contributed by atoms with Gasteiger partial charge in [0.15, 0.2) is 17.7 Å². The molecule has 1 fully saturated rings. The number of halogens is 2. The first-order chi connectivity index (χ1) is 11.6. The van der Waals surface area contributed by atoms with E-state index in [0.29, 0.717) is 13.1 Å². The van der Waals surface area contributed by atoms with E-state index in [4.69, 9.17) is 10.5 Å². The molecule has 1 amide bonds. The predicted molar refractivity (Wildman–Crippen MR) is 97.5 cm³/mol. The standard InChI is InChI=1S/C19H21FN2O2.ClH/c1-13(24-18-10-6-5-9-16(18)20)19(23)22-11-15(17(21)12-22)14-7-3-2-4-8-14;/h2-10,13,15,17H,11-12,21H2,1H3;1H/t13?,15-,17+;/m0./s1. The van der Waals surface area contributed by atoms with Crippen molar-refractivity contribution in [1.82, 2.24) is 4.90 Å². The second kappa shape index (κ2) is 8.32. The summed E-state index contributed by atoms with van der Waals surface area (Å²) in [4.78, 5) is 14.3. The maximum Gasteiger partial charge on any atom is 0.263 e. The SMILES string of the molecule is CC(Oc1ccccc1F)C(=O)N1C[C@@H](N)[C@H](c2ccccc2)C1.Cl. The topological polar surface area (TPSA) is 55.6 Å². The van der Waals surface area contributed by atoms with Crippen LogP contribution >= 0.6 is 12.4 Å². The third kappa shape index (κ3) is 4.30. The second-order valence-corrected chi connectivity index (χ2v) is 6.11. The average Bonchev–Trinajstić information content (AvgIpc) is 2.98. The molecule has 1 aliphatic heterocycles. The Morgan fingerprint density at radius 2 is 1.80 bits per heavy atom. The molecule has 134 valence electrons. The van der Waals surface area contributed by atoms with Gasteiger partial charge in [0.25, 0.3) is 5.91 Å². The molecule has 1 unspecified atom stereocenters. The number of amides is 1. The fourth-order valence-electron chi connectivity index (χ4n) is 3.10. The van der Waals surface area contributed by atoms with Crippen molar-refractivity contribution >= 4 is 18.3 Å². The van der Waals surface area contributed by atoms with E-state index in [1.807, 2.05) is 30.3 Å². The van der Waals surface area contributed by atoms with Crippen LogP contribution in [0.5, 0.6) is 5.75 Å². The van der Waals surface area contributed by atoms with E-state index in [9.17, 15) is 9.18 Å². The Hall–Kier alpha value is -2.11. The molecule has 3 atom stereocenters. The van der Waals surface area contributed by atoms with Gasteiger partial charge in [0.2, 0.25) is 0 Å². The Balaban J connectivity index is 0.00000225. The van der Waals surface area contributed by atoms with Gasteiger partial charge in [-0.25, -0.2) is 4.39 Å². The Kier molecular flexibility index (Phi) is 6.39. The first-order valence-electron chi connectivity index (χ1n) is 8.06. The van der Waals surface area contributed by atoms with Crippen LogP contribution in [0.1, 0.15) is 18.4 Å². The van der Waals surface area contributed by atoms with Gasteiger partial charge in [-0.2, -0.15) is 0 Å². The fourth-order valence-corrected chi connectivity index (χ4v) is 3.10. The van der Waals surface area contributed by atoms with Crippen LogP contribution < -0.4 is 10.5 Å². The Labute approximate surface area is 153 Å². The first kappa shape index (κ1) is 19.2. The molecule has 1 aliphatic rings. The third-order valence-electron chi connectivity index (χ3n) is 4.39. The van der Waals surface area contributed by atoms with Crippen molar-refractivity contribution in [2.75, 3.05) is 13.1 Å². The van der Waals surface area contributed by atoms with Gasteiger partial charge in [-0.05, 0) is 24.6 Å². The van der Waals surface area contributed by atoms with Crippen LogP contribution in [-0.4, -0.2) is 36.0 Å². The first-order valence-corrected chi connectivity index (χ1v) is 8.06. The quantitative estimate of drug-likeness (QED) is 0.907. The van der Waals surface area contributed by atoms with Crippen molar-refractivity contribution in [2.45, 2.75) is 25.0 Å². The lowest BCUT2D eigenvalue weighted by Crippen LogP contribution is -2.40. The summed E-state index contributed by atoms with van der Waals surface area (Å²) in [5, 5.41) is 0. The minimum Gasteiger partial charge on any atom is -0.478 e. The number of carbonyl (C=O) groups is 1. The van der Waals surface area contributed by atoms with Gasteiger partial charge >= 0.3 is 0 Å². The Morgan fingerprint density at radius 3 is 2.48 bits per heavy atom. The summed E-state index contributed by atoms with van der Waals surface area (Å²) in [6, 6.07) is 15.9. The lowest BCUT2D eigenvalue weighted by molar-refractivity contribution is -0.137. The van der Waals surface area contributed by atoms with Gasteiger partial charge in [-0.15, -0.1) is 12.4 Å². The zero-order valence-corrected chi connectivity index (χ0v) is 14.8. The van der Waals surface area contributed by atoms with E-state index < -0.39 is 11.9 Å². The monoisotopic (exact) mass is 364 g/mol. The van der Waals surface area contributed by atoms with Gasteiger partial charge in [-0.1, -0.05) is 42.5 Å². The van der Waals surface area contributed by atoms with Gasteiger partial charge in [0.1, 0.15) is 0 Å². The van der Waals surface area contributed by atoms with Crippen molar-refractivity contribution in [3.63, 3.8) is 0 Å². The van der Waals surface area contributed by atoms with Crippen LogP contribution in [-0.2, 0) is 4.79 Å². The van der Waals surface area contributed by atoms with E-state index in [0.717, 1.165) is 5.56 Å². The molecule has 25 heavy (non-hydrogen) atoms. The lowest BCUT2D eigenvalue weighted by atomic mass is 9.95. The number of carbonyl (C=O) groups excluding carboxylic acids is 1. The van der Waals surface area contributed by atoms with Gasteiger partial charge in [0, 0.05) is 25.0 Å². The minimum absolute atomic E-state index is 0. The smallest absolute Gasteiger partial charge is 0.263 e. The third-order valence-corrected chi connectivity index (χ3v) is 4.39. The molecule has 0 radical (unpaired) electrons. The molecular weight excluding hydrogens is 343 g/mol. The number of benzene rings is 2. The molecule has 6 heteroatoms. The highest BCUT2D eigenvalue weighted by Gasteiger charge is 2.36. The highest BCUT2D eigenvalue weighted by atomic mass is 35.5. The largest absolute Gasteiger partial charge is 0.478 e. The number of hydrogen-bond acceptors (Lipinski definition) is 3. The summed E-state index contributed by atoms with van der Waals surface area (Å²) in [6.07, 6.45) is -0.761. The predicted octanol–water partition coefficient (Wildman–Crippen LogP) is 2.97. The highest BCUT2D eigenvalue weighted by Crippen LogP contribution is 2.27. The number of nitrogens with two attached hydrogens (primary N) is 1. The van der Waals surface area contributed by atoms with E-state index in [2.05, 4.69) is 0 Å². The van der Waals surface area contributed by atoms with Crippen LogP contribution in [0.25, 0.3) is 0 Å². The fraction of sp³-hybridized carbons (Fsp3) is 0.316. The van der Waals surface area contributed by atoms with Crippen molar-refractivity contribution in [3.8, 4) is 5.75 Å². The molecule has 2 N–H and O–H groups in total. The zero-order valence-electron chi connectivity index (χ0n) is 14.0. The minimum atomic E-state index is -0.761. The number of para-hydroxylation sites is 1. The van der Waals surface area contributed by atoms with Crippen LogP contribution in [0.15, 0.2) is 54.6 Å². The summed E-state index contributed by atoms with van der Waals surface area (Å²) in [5.74, 6) is -0.457. The maximum atomic E-state index is 13.7. The molecule has 3 rings (SSSR count). The molecule has 0 aliphatic carbocycles. The highest BCUT2D eigenvalue weighted by molar-refractivity contribution is 5.85. The molecule has 0 spiro atoms. The van der Waals surface area contributed by atoms with Gasteiger partial charge < -0.3 is 15.4 Å². The summed E-state index contributed by atoms with van der Waals surface area (Å²) >= 11 is 0. The molecule has 0 aromatic heterocycles. The van der Waals surface area contributed by atoms with Crippen molar-refractivity contribution in [1.29, 1.82) is 0 Å². The summed E-state index contributed by atoms with van der Waals surface area (Å²) in [5.41, 5.74) is 7.35. The normalized spacial score (nSPS) is 20.7. The Morgan fingerprint density at radius 1 is 1.16 bits per heavy atom. The number of ether oxygens (including phenoxy) is 1. The molecule has 1 saturated heterocycles. The molecular formula is C19H22ClFN2O2. The second-order valence-electron chi connectivity index (χ2n) is 6.11. The van der Waals surface area contributed by atoms with Crippen LogP contribution in [0.4, 0.5) is 4.39 Å². The van der Waals surface area contributed by atoms with Gasteiger partial charge in [-0.3, -0.25) is 4.79 Å². The molecule has 0 bridgehead atoms. The molecule has 1 heterocycles. The van der Waals surface area contributed by atoms with Crippen LogP contribution in [0.2, 0.25) is 0 Å². The summed E-state index contributed by atoms with van der Waals surface area (Å²) < 4.78 is 19.2. The molecule has 4 nitrogen and oxygen atoms in total. The van der Waals surface area contributed by atoms with E-state index >= 15 is 0 Å². The maximum absolute atomic E-state index is 13.7.